The summed E-state index contributed by atoms with van der Waals surface area (Å²) in [4.78, 5) is 28.5. The maximum Gasteiger partial charge on any atom is 0.255 e. The molecule has 2 aromatic carbocycles. The van der Waals surface area contributed by atoms with Crippen LogP contribution in [0.5, 0.6) is 0 Å². The number of benzene rings is 2. The van der Waals surface area contributed by atoms with Gasteiger partial charge >= 0.3 is 0 Å². The normalized spacial score (nSPS) is 11.0. The molecule has 0 aliphatic carbocycles. The first-order valence-electron chi connectivity index (χ1n) is 9.70. The number of amides is 2. The van der Waals surface area contributed by atoms with Crippen molar-refractivity contribution in [2.45, 2.75) is 24.8 Å². The summed E-state index contributed by atoms with van der Waals surface area (Å²) < 4.78 is 24.7. The van der Waals surface area contributed by atoms with Gasteiger partial charge < -0.3 is 10.6 Å². The standard InChI is InChI=1S/C23H23N3O4S/c1-17-5-7-21(8-6-17)31(29,30)14-11-22(27)25-16-18-3-2-4-20(15-18)26-23(28)19-9-12-24-13-10-19/h2-10,12-13,15H,11,14,16H2,1H3,(H,25,27)(H,26,28). The molecule has 0 aliphatic heterocycles. The molecule has 31 heavy (non-hydrogen) atoms. The molecule has 0 atom stereocenters. The third kappa shape index (κ3) is 6.48. The number of hydrogen-bond acceptors (Lipinski definition) is 5. The van der Waals surface area contributed by atoms with Crippen LogP contribution in [0.4, 0.5) is 5.69 Å². The van der Waals surface area contributed by atoms with Gasteiger partial charge in [-0.25, -0.2) is 8.42 Å². The summed E-state index contributed by atoms with van der Waals surface area (Å²) in [7, 11) is -3.51. The average molecular weight is 438 g/mol. The summed E-state index contributed by atoms with van der Waals surface area (Å²) in [6, 6.07) is 16.9. The van der Waals surface area contributed by atoms with E-state index in [1.807, 2.05) is 13.0 Å². The number of nitrogens with one attached hydrogen (secondary N) is 2. The van der Waals surface area contributed by atoms with Crippen LogP contribution in [-0.4, -0.2) is 31.0 Å². The highest BCUT2D eigenvalue weighted by molar-refractivity contribution is 7.91. The Balaban J connectivity index is 1.51. The lowest BCUT2D eigenvalue weighted by molar-refractivity contribution is -0.120. The number of rotatable bonds is 8. The summed E-state index contributed by atoms with van der Waals surface area (Å²) in [6.45, 7) is 2.10. The van der Waals surface area contributed by atoms with Crippen molar-refractivity contribution >= 4 is 27.3 Å². The van der Waals surface area contributed by atoms with Gasteiger partial charge in [-0.3, -0.25) is 14.6 Å². The number of hydrogen-bond donors (Lipinski definition) is 2. The first-order chi connectivity index (χ1) is 14.8. The third-order valence-corrected chi connectivity index (χ3v) is 6.33. The van der Waals surface area contributed by atoms with E-state index in [-0.39, 0.29) is 35.4 Å². The van der Waals surface area contributed by atoms with E-state index in [1.165, 1.54) is 0 Å². The molecule has 3 rings (SSSR count). The smallest absolute Gasteiger partial charge is 0.255 e. The van der Waals surface area contributed by atoms with Crippen LogP contribution in [0.3, 0.4) is 0 Å². The van der Waals surface area contributed by atoms with Crippen LogP contribution in [0.25, 0.3) is 0 Å². The molecule has 0 spiro atoms. The minimum atomic E-state index is -3.51. The Bertz CT molecular complexity index is 1160. The Morgan fingerprint density at radius 2 is 1.68 bits per heavy atom. The molecule has 0 bridgehead atoms. The molecule has 0 aliphatic rings. The van der Waals surface area contributed by atoms with Gasteiger partial charge in [0.15, 0.2) is 9.84 Å². The zero-order valence-corrected chi connectivity index (χ0v) is 17.9. The molecule has 7 nitrogen and oxygen atoms in total. The van der Waals surface area contributed by atoms with Crippen molar-refractivity contribution in [2.75, 3.05) is 11.1 Å². The van der Waals surface area contributed by atoms with Crippen LogP contribution in [0.15, 0.2) is 78.0 Å². The van der Waals surface area contributed by atoms with Crippen LogP contribution >= 0.6 is 0 Å². The van der Waals surface area contributed by atoms with Crippen LogP contribution in [0.2, 0.25) is 0 Å². The number of pyridine rings is 1. The van der Waals surface area contributed by atoms with Crippen molar-refractivity contribution < 1.29 is 18.0 Å². The van der Waals surface area contributed by atoms with Crippen molar-refractivity contribution in [3.63, 3.8) is 0 Å². The fourth-order valence-corrected chi connectivity index (χ4v) is 4.09. The second kappa shape index (κ2) is 9.99. The summed E-state index contributed by atoms with van der Waals surface area (Å²) in [6.07, 6.45) is 2.95. The number of carbonyl (C=O) groups is 2. The molecule has 2 amide bonds. The minimum Gasteiger partial charge on any atom is -0.352 e. The van der Waals surface area contributed by atoms with Crippen molar-refractivity contribution in [2.24, 2.45) is 0 Å². The van der Waals surface area contributed by atoms with Gasteiger partial charge in [0.05, 0.1) is 10.6 Å². The predicted octanol–water partition coefficient (Wildman–Crippen LogP) is 3.12. The van der Waals surface area contributed by atoms with Crippen LogP contribution in [0.1, 0.15) is 27.9 Å². The molecule has 3 aromatic rings. The lowest BCUT2D eigenvalue weighted by atomic mass is 10.2. The Labute approximate surface area is 181 Å². The van der Waals surface area contributed by atoms with E-state index >= 15 is 0 Å². The molecule has 1 heterocycles. The number of aryl methyl sites for hydroxylation is 1. The first-order valence-corrected chi connectivity index (χ1v) is 11.4. The molecule has 2 N–H and O–H groups in total. The summed E-state index contributed by atoms with van der Waals surface area (Å²) >= 11 is 0. The van der Waals surface area contributed by atoms with Gasteiger partial charge in [0.25, 0.3) is 5.91 Å². The highest BCUT2D eigenvalue weighted by Crippen LogP contribution is 2.14. The van der Waals surface area contributed by atoms with Gasteiger partial charge in [-0.1, -0.05) is 29.8 Å². The maximum atomic E-state index is 12.4. The van der Waals surface area contributed by atoms with Gasteiger partial charge in [0, 0.05) is 36.6 Å². The molecule has 0 saturated carbocycles. The van der Waals surface area contributed by atoms with E-state index in [4.69, 9.17) is 0 Å². The number of nitrogens with zero attached hydrogens (tertiary/aromatic N) is 1. The third-order valence-electron chi connectivity index (χ3n) is 4.59. The first kappa shape index (κ1) is 22.2. The molecular formula is C23H23N3O4S. The summed E-state index contributed by atoms with van der Waals surface area (Å²) in [5.74, 6) is -0.879. The van der Waals surface area contributed by atoms with E-state index in [9.17, 15) is 18.0 Å². The molecule has 0 unspecified atom stereocenters. The average Bonchev–Trinajstić information content (AvgIpc) is 2.77. The fraction of sp³-hybridized carbons (Fsp3) is 0.174. The van der Waals surface area contributed by atoms with Crippen molar-refractivity contribution in [3.8, 4) is 0 Å². The fourth-order valence-electron chi connectivity index (χ4n) is 2.85. The Kier molecular flexibility index (Phi) is 7.15. The highest BCUT2D eigenvalue weighted by Gasteiger charge is 2.16. The number of aromatic nitrogens is 1. The second-order valence-electron chi connectivity index (χ2n) is 7.05. The van der Waals surface area contributed by atoms with E-state index in [0.717, 1.165) is 11.1 Å². The largest absolute Gasteiger partial charge is 0.352 e. The van der Waals surface area contributed by atoms with Gasteiger partial charge in [0.1, 0.15) is 0 Å². The Hall–Kier alpha value is -3.52. The van der Waals surface area contributed by atoms with Gasteiger partial charge in [-0.05, 0) is 48.9 Å². The summed E-state index contributed by atoms with van der Waals surface area (Å²) in [5.41, 5.74) is 2.83. The van der Waals surface area contributed by atoms with Crippen molar-refractivity contribution in [3.05, 3.63) is 89.7 Å². The van der Waals surface area contributed by atoms with Gasteiger partial charge in [-0.15, -0.1) is 0 Å². The highest BCUT2D eigenvalue weighted by atomic mass is 32.2. The SMILES string of the molecule is Cc1ccc(S(=O)(=O)CCC(=O)NCc2cccc(NC(=O)c3ccncc3)c2)cc1. The molecule has 8 heteroatoms. The number of carbonyl (C=O) groups excluding carboxylic acids is 2. The lowest BCUT2D eigenvalue weighted by Gasteiger charge is -2.09. The van der Waals surface area contributed by atoms with Crippen molar-refractivity contribution in [1.82, 2.24) is 10.3 Å². The van der Waals surface area contributed by atoms with Crippen LogP contribution < -0.4 is 10.6 Å². The van der Waals surface area contributed by atoms with Crippen LogP contribution in [-0.2, 0) is 21.2 Å². The molecule has 1 aromatic heterocycles. The quantitative estimate of drug-likeness (QED) is 0.563. The Morgan fingerprint density at radius 3 is 2.39 bits per heavy atom. The number of anilines is 1. The molecule has 0 fully saturated rings. The zero-order valence-electron chi connectivity index (χ0n) is 17.0. The zero-order chi connectivity index (χ0) is 22.3. The molecular weight excluding hydrogens is 414 g/mol. The van der Waals surface area contributed by atoms with Gasteiger partial charge in [-0.2, -0.15) is 0 Å². The topological polar surface area (TPSA) is 105 Å². The Morgan fingerprint density at radius 1 is 0.968 bits per heavy atom. The van der Waals surface area contributed by atoms with E-state index in [0.29, 0.717) is 11.3 Å². The molecule has 0 radical (unpaired) electrons. The van der Waals surface area contributed by atoms with E-state index < -0.39 is 9.84 Å². The van der Waals surface area contributed by atoms with E-state index in [2.05, 4.69) is 15.6 Å². The second-order valence-corrected chi connectivity index (χ2v) is 9.16. The van der Waals surface area contributed by atoms with E-state index in [1.54, 1.807) is 67.0 Å². The number of sulfone groups is 1. The summed E-state index contributed by atoms with van der Waals surface area (Å²) in [5, 5.41) is 5.51. The lowest BCUT2D eigenvalue weighted by Crippen LogP contribution is -2.25. The van der Waals surface area contributed by atoms with Gasteiger partial charge in [0.2, 0.25) is 5.91 Å². The minimum absolute atomic E-state index is 0.130. The predicted molar refractivity (Wildman–Crippen MR) is 118 cm³/mol. The maximum absolute atomic E-state index is 12.4. The molecule has 0 saturated heterocycles. The van der Waals surface area contributed by atoms with Crippen LogP contribution in [0, 0.1) is 6.92 Å². The monoisotopic (exact) mass is 437 g/mol. The molecule has 160 valence electrons. The van der Waals surface area contributed by atoms with Crippen molar-refractivity contribution in [1.29, 1.82) is 0 Å².